The minimum Gasteiger partial charge on any atom is -0.496 e. The molecule has 2 unspecified atom stereocenters. The fraction of sp³-hybridized carbons (Fsp3) is 0.238. The number of methoxy groups -OCH3 is 1. The lowest BCUT2D eigenvalue weighted by Crippen LogP contribution is -2.63. The van der Waals surface area contributed by atoms with E-state index < -0.39 is 30.0 Å². The average molecular weight is 503 g/mol. The number of amides is 3. The zero-order valence-electron chi connectivity index (χ0n) is 17.3. The number of nitrogens with zero attached hydrogens (tertiary/aromatic N) is 4. The van der Waals surface area contributed by atoms with Crippen molar-refractivity contribution in [2.45, 2.75) is 18.8 Å². The van der Waals surface area contributed by atoms with Crippen LogP contribution in [-0.2, 0) is 11.3 Å². The molecular weight excluding hydrogens is 483 g/mol. The van der Waals surface area contributed by atoms with Crippen molar-refractivity contribution in [3.63, 3.8) is 0 Å². The number of likely N-dealkylation sites (N-methyl/N-ethyl adjacent to an activating group) is 1. The van der Waals surface area contributed by atoms with Gasteiger partial charge in [0, 0.05) is 29.2 Å². The zero-order chi connectivity index (χ0) is 22.8. The quantitative estimate of drug-likeness (QED) is 0.482. The molecule has 0 aliphatic carbocycles. The number of hydrazone groups is 1. The first kappa shape index (κ1) is 21.8. The van der Waals surface area contributed by atoms with Gasteiger partial charge >= 0.3 is 6.03 Å². The van der Waals surface area contributed by atoms with Crippen LogP contribution in [0.25, 0.3) is 0 Å². The molecule has 166 valence electrons. The van der Waals surface area contributed by atoms with Crippen LogP contribution in [0.2, 0.25) is 0 Å². The normalized spacial score (nSPS) is 20.3. The topological polar surface area (TPSA) is 98.6 Å². The van der Waals surface area contributed by atoms with Crippen LogP contribution in [0.3, 0.4) is 0 Å². The van der Waals surface area contributed by atoms with Crippen molar-refractivity contribution in [2.75, 3.05) is 14.2 Å². The third kappa shape index (κ3) is 4.15. The van der Waals surface area contributed by atoms with Gasteiger partial charge in [0.25, 0.3) is 5.91 Å². The summed E-state index contributed by atoms with van der Waals surface area (Å²) in [4.78, 5) is 32.1. The van der Waals surface area contributed by atoms with Gasteiger partial charge in [-0.25, -0.2) is 19.6 Å². The Morgan fingerprint density at radius 3 is 2.84 bits per heavy atom. The number of benzene rings is 2. The minimum absolute atomic E-state index is 0.0604. The Hall–Kier alpha value is -3.47. The first-order chi connectivity index (χ1) is 15.4. The SMILES string of the molecule is COc1ccc(Br)cc1/C=N/NC1=NC2C(C(=O)NC(=O)N2C)N1Cc1ccccc1F. The van der Waals surface area contributed by atoms with Crippen LogP contribution >= 0.6 is 15.9 Å². The highest BCUT2D eigenvalue weighted by molar-refractivity contribution is 9.10. The number of urea groups is 1. The number of carbonyl (C=O) groups excluding carboxylic acids is 2. The summed E-state index contributed by atoms with van der Waals surface area (Å²) >= 11 is 3.41. The maximum absolute atomic E-state index is 14.3. The number of guanidine groups is 1. The molecule has 3 amide bonds. The lowest BCUT2D eigenvalue weighted by molar-refractivity contribution is -0.127. The monoisotopic (exact) mass is 502 g/mol. The number of carbonyl (C=O) groups is 2. The van der Waals surface area contributed by atoms with Gasteiger partial charge in [0.15, 0.2) is 12.2 Å². The highest BCUT2D eigenvalue weighted by Crippen LogP contribution is 2.26. The fourth-order valence-corrected chi connectivity index (χ4v) is 3.95. The standard InChI is InChI=1S/C21H20BrFN6O3/c1-28-18-17(19(30)26-21(28)31)29(11-12-5-3-4-6-15(12)23)20(25-18)27-24-10-13-9-14(22)7-8-16(13)32-2/h3-10,17-18H,11H2,1-2H3,(H,25,27)(H,26,30,31)/b24-10+. The smallest absolute Gasteiger partial charge is 0.325 e. The van der Waals surface area contributed by atoms with Crippen LogP contribution in [0.15, 0.2) is 57.0 Å². The predicted octanol–water partition coefficient (Wildman–Crippen LogP) is 2.27. The van der Waals surface area contributed by atoms with E-state index in [4.69, 9.17) is 4.74 Å². The lowest BCUT2D eigenvalue weighted by atomic mass is 10.1. The van der Waals surface area contributed by atoms with E-state index in [2.05, 4.69) is 36.8 Å². The highest BCUT2D eigenvalue weighted by Gasteiger charge is 2.48. The van der Waals surface area contributed by atoms with Crippen LogP contribution < -0.4 is 15.5 Å². The number of nitrogens with one attached hydrogen (secondary N) is 2. The van der Waals surface area contributed by atoms with E-state index in [0.29, 0.717) is 16.9 Å². The van der Waals surface area contributed by atoms with E-state index in [-0.39, 0.29) is 12.5 Å². The molecule has 2 N–H and O–H groups in total. The summed E-state index contributed by atoms with van der Waals surface area (Å²) in [5, 5.41) is 6.54. The van der Waals surface area contributed by atoms with E-state index in [1.165, 1.54) is 11.0 Å². The second-order valence-corrected chi connectivity index (χ2v) is 8.11. The summed E-state index contributed by atoms with van der Waals surface area (Å²) in [5.74, 6) is -0.0511. The Morgan fingerprint density at radius 1 is 1.31 bits per heavy atom. The molecule has 4 rings (SSSR count). The molecule has 0 saturated carbocycles. The van der Waals surface area contributed by atoms with Gasteiger partial charge in [-0.1, -0.05) is 34.1 Å². The van der Waals surface area contributed by atoms with Crippen LogP contribution in [0.1, 0.15) is 11.1 Å². The first-order valence-electron chi connectivity index (χ1n) is 9.67. The van der Waals surface area contributed by atoms with Crippen molar-refractivity contribution in [1.82, 2.24) is 20.5 Å². The Morgan fingerprint density at radius 2 is 2.09 bits per heavy atom. The maximum Gasteiger partial charge on any atom is 0.325 e. The molecule has 0 aromatic heterocycles. The minimum atomic E-state index is -0.824. The number of ether oxygens (including phenoxy) is 1. The highest BCUT2D eigenvalue weighted by atomic mass is 79.9. The van der Waals surface area contributed by atoms with Crippen LogP contribution in [0.5, 0.6) is 5.75 Å². The summed E-state index contributed by atoms with van der Waals surface area (Å²) in [6.07, 6.45) is 0.783. The van der Waals surface area contributed by atoms with Crippen molar-refractivity contribution in [3.05, 3.63) is 63.9 Å². The van der Waals surface area contributed by atoms with Crippen molar-refractivity contribution in [3.8, 4) is 5.75 Å². The van der Waals surface area contributed by atoms with Gasteiger partial charge in [-0.3, -0.25) is 10.1 Å². The molecule has 11 heteroatoms. The molecule has 2 aromatic carbocycles. The molecule has 2 atom stereocenters. The predicted molar refractivity (Wildman–Crippen MR) is 120 cm³/mol. The molecule has 2 aliphatic heterocycles. The Kier molecular flexibility index (Phi) is 6.08. The summed E-state index contributed by atoms with van der Waals surface area (Å²) in [7, 11) is 3.10. The number of imide groups is 1. The van der Waals surface area contributed by atoms with Gasteiger partial charge < -0.3 is 14.5 Å². The number of hydrogen-bond donors (Lipinski definition) is 2. The van der Waals surface area contributed by atoms with Crippen LogP contribution in [0, 0.1) is 5.82 Å². The van der Waals surface area contributed by atoms with Gasteiger partial charge in [0.2, 0.25) is 5.96 Å². The van der Waals surface area contributed by atoms with Crippen LogP contribution in [-0.4, -0.2) is 60.3 Å². The average Bonchev–Trinajstić information content (AvgIpc) is 3.13. The number of rotatable bonds is 5. The molecule has 9 nitrogen and oxygen atoms in total. The summed E-state index contributed by atoms with van der Waals surface area (Å²) in [5.41, 5.74) is 3.92. The van der Waals surface area contributed by atoms with Gasteiger partial charge in [0.1, 0.15) is 11.6 Å². The van der Waals surface area contributed by atoms with Gasteiger partial charge in [-0.15, -0.1) is 0 Å². The maximum atomic E-state index is 14.3. The second-order valence-electron chi connectivity index (χ2n) is 7.19. The van der Waals surface area contributed by atoms with E-state index in [1.807, 2.05) is 12.1 Å². The van der Waals surface area contributed by atoms with Crippen molar-refractivity contribution < 1.29 is 18.7 Å². The fourth-order valence-electron chi connectivity index (χ4n) is 3.57. The molecule has 0 radical (unpaired) electrons. The molecule has 1 saturated heterocycles. The van der Waals surface area contributed by atoms with E-state index in [1.54, 1.807) is 49.5 Å². The van der Waals surface area contributed by atoms with Crippen molar-refractivity contribution >= 4 is 40.0 Å². The van der Waals surface area contributed by atoms with Crippen molar-refractivity contribution in [2.24, 2.45) is 10.1 Å². The molecule has 2 heterocycles. The molecule has 1 fully saturated rings. The Labute approximate surface area is 192 Å². The summed E-state index contributed by atoms with van der Waals surface area (Å²) < 4.78 is 20.5. The van der Waals surface area contributed by atoms with E-state index in [0.717, 1.165) is 4.47 Å². The molecule has 32 heavy (non-hydrogen) atoms. The van der Waals surface area contributed by atoms with Crippen LogP contribution in [0.4, 0.5) is 9.18 Å². The second kappa shape index (κ2) is 8.95. The van der Waals surface area contributed by atoms with Gasteiger partial charge in [-0.2, -0.15) is 5.10 Å². The Bertz CT molecular complexity index is 1120. The number of hydrogen-bond acceptors (Lipinski definition) is 7. The lowest BCUT2D eigenvalue weighted by Gasteiger charge is -2.36. The first-order valence-corrected chi connectivity index (χ1v) is 10.5. The number of fused-ring (bicyclic) bond motifs is 1. The molecular formula is C21H20BrFN6O3. The molecule has 2 aromatic rings. The van der Waals surface area contributed by atoms with Crippen molar-refractivity contribution in [1.29, 1.82) is 0 Å². The number of halogens is 2. The summed E-state index contributed by atoms with van der Waals surface area (Å²) in [6.45, 7) is 0.0604. The molecule has 0 spiro atoms. The summed E-state index contributed by atoms with van der Waals surface area (Å²) in [6, 6.07) is 10.4. The number of aliphatic imine (C=N–C) groups is 1. The van der Waals surface area contributed by atoms with E-state index >= 15 is 0 Å². The van der Waals surface area contributed by atoms with Gasteiger partial charge in [-0.05, 0) is 24.3 Å². The molecule has 2 aliphatic rings. The zero-order valence-corrected chi connectivity index (χ0v) is 18.8. The molecule has 0 bridgehead atoms. The largest absolute Gasteiger partial charge is 0.496 e. The van der Waals surface area contributed by atoms with Gasteiger partial charge in [0.05, 0.1) is 13.3 Å². The Balaban J connectivity index is 1.63. The third-order valence-electron chi connectivity index (χ3n) is 5.22. The van der Waals surface area contributed by atoms with E-state index in [9.17, 15) is 14.0 Å². The third-order valence-corrected chi connectivity index (χ3v) is 5.71.